The molecule has 4 aromatic carbocycles. The minimum Gasteiger partial charge on any atom is -0.477 e. The zero-order valence-corrected chi connectivity index (χ0v) is 29.4. The van der Waals surface area contributed by atoms with E-state index in [4.69, 9.17) is 9.97 Å². The molecule has 0 atom stereocenters. The molecule has 55 heavy (non-hydrogen) atoms. The maximum atomic E-state index is 12.3. The number of aromatic nitrogens is 4. The van der Waals surface area contributed by atoms with Crippen LogP contribution in [-0.4, -0.2) is 31.0 Å². The first-order valence-electron chi connectivity index (χ1n) is 17.8. The van der Waals surface area contributed by atoms with Crippen molar-refractivity contribution < 1.29 is 9.90 Å². The van der Waals surface area contributed by atoms with Crippen molar-refractivity contribution in [3.8, 4) is 50.6 Å². The fraction of sp³-hybridized carbons (Fsp3) is 0. The Bertz CT molecular complexity index is 2930. The van der Waals surface area contributed by atoms with Gasteiger partial charge in [0, 0.05) is 49.9 Å². The molecule has 7 heteroatoms. The van der Waals surface area contributed by atoms with Crippen molar-refractivity contribution in [3.63, 3.8) is 0 Å². The standard InChI is InChI=1S/C48H31N5O2/c49-29-35(48(54)55)27-34-28-42-45(32-17-9-3-10-18-32)40-24-23-38(51-40)43(30-13-5-1-6-14-30)36-21-22-37(50-36)44(31-15-7-2-8-16-31)39-25-26-41(52-39)46(47(34)53-42)33-19-11-4-12-20-33/h1-28,51-52H,(H,54,55)/b35-27-,43-36?,43-38?,44-37?,44-39?,45-40?,45-42?,46-41?,47-46?. The molecule has 2 aliphatic rings. The quantitative estimate of drug-likeness (QED) is 0.117. The second-order valence-corrected chi connectivity index (χ2v) is 13.2. The predicted molar refractivity (Wildman–Crippen MR) is 221 cm³/mol. The third-order valence-electron chi connectivity index (χ3n) is 9.79. The highest BCUT2D eigenvalue weighted by molar-refractivity contribution is 6.06. The summed E-state index contributed by atoms with van der Waals surface area (Å²) in [4.78, 5) is 30.4. The molecule has 3 aromatic heterocycles. The molecule has 7 aromatic rings. The highest BCUT2D eigenvalue weighted by atomic mass is 16.4. The molecule has 260 valence electrons. The zero-order valence-electron chi connectivity index (χ0n) is 29.4. The maximum Gasteiger partial charge on any atom is 0.346 e. The van der Waals surface area contributed by atoms with E-state index in [0.717, 1.165) is 78.0 Å². The number of nitrogens with one attached hydrogen (secondary N) is 2. The molecule has 0 saturated carbocycles. The monoisotopic (exact) mass is 709 g/mol. The second-order valence-electron chi connectivity index (χ2n) is 13.2. The molecule has 9 rings (SSSR count). The lowest BCUT2D eigenvalue weighted by Gasteiger charge is -2.08. The number of hydrogen-bond acceptors (Lipinski definition) is 4. The summed E-state index contributed by atoms with van der Waals surface area (Å²) < 4.78 is 0. The van der Waals surface area contributed by atoms with Crippen LogP contribution in [0.3, 0.4) is 0 Å². The van der Waals surface area contributed by atoms with Crippen molar-refractivity contribution >= 4 is 51.8 Å². The summed E-state index contributed by atoms with van der Waals surface area (Å²) in [5.41, 5.74) is 13.4. The van der Waals surface area contributed by atoms with E-state index in [0.29, 0.717) is 17.0 Å². The van der Waals surface area contributed by atoms with Crippen LogP contribution >= 0.6 is 0 Å². The molecule has 7 nitrogen and oxygen atoms in total. The molecule has 0 saturated heterocycles. The van der Waals surface area contributed by atoms with Gasteiger partial charge >= 0.3 is 5.97 Å². The molecule has 0 aliphatic carbocycles. The Morgan fingerprint density at radius 3 is 1.31 bits per heavy atom. The van der Waals surface area contributed by atoms with Gasteiger partial charge in [0.1, 0.15) is 11.6 Å². The number of allylic oxidation sites excluding steroid dienone is 2. The number of nitrogens with zero attached hydrogens (tertiary/aromatic N) is 3. The Labute approximate surface area is 316 Å². The topological polar surface area (TPSA) is 118 Å². The van der Waals surface area contributed by atoms with Gasteiger partial charge in [-0.1, -0.05) is 121 Å². The first-order valence-corrected chi connectivity index (χ1v) is 17.8. The molecule has 3 N–H and O–H groups in total. The summed E-state index contributed by atoms with van der Waals surface area (Å²) in [6.07, 6.45) is 7.42. The molecule has 5 heterocycles. The van der Waals surface area contributed by atoms with Crippen LogP contribution in [-0.2, 0) is 4.79 Å². The van der Waals surface area contributed by atoms with Gasteiger partial charge in [0.15, 0.2) is 0 Å². The molecule has 0 amide bonds. The molecule has 0 unspecified atom stereocenters. The summed E-state index contributed by atoms with van der Waals surface area (Å²) in [5.74, 6) is -1.31. The Kier molecular flexibility index (Phi) is 8.39. The van der Waals surface area contributed by atoms with Crippen molar-refractivity contribution in [3.05, 3.63) is 180 Å². The number of aliphatic carboxylic acids is 1. The second kappa shape index (κ2) is 14.0. The molecule has 0 spiro atoms. The number of H-pyrrole nitrogens is 2. The maximum absolute atomic E-state index is 12.3. The number of carboxylic acids is 1. The van der Waals surface area contributed by atoms with Crippen LogP contribution in [0.1, 0.15) is 22.8 Å². The first kappa shape index (κ1) is 33.0. The van der Waals surface area contributed by atoms with E-state index >= 15 is 0 Å². The lowest BCUT2D eigenvalue weighted by atomic mass is 9.98. The van der Waals surface area contributed by atoms with E-state index in [2.05, 4.69) is 52.5 Å². The van der Waals surface area contributed by atoms with Gasteiger partial charge in [-0.05, 0) is 70.8 Å². The summed E-state index contributed by atoms with van der Waals surface area (Å²) >= 11 is 0. The molecular weight excluding hydrogens is 679 g/mol. The van der Waals surface area contributed by atoms with Gasteiger partial charge in [-0.25, -0.2) is 14.8 Å². The number of fused-ring (bicyclic) bond motifs is 8. The minimum atomic E-state index is -1.31. The number of hydrogen-bond donors (Lipinski definition) is 3. The van der Waals surface area contributed by atoms with E-state index in [9.17, 15) is 15.2 Å². The van der Waals surface area contributed by atoms with Crippen molar-refractivity contribution in [2.24, 2.45) is 0 Å². The summed E-state index contributed by atoms with van der Waals surface area (Å²) in [7, 11) is 0. The number of carbonyl (C=O) groups is 1. The number of carboxylic acid groups (broad SMARTS) is 1. The van der Waals surface area contributed by atoms with Crippen LogP contribution in [0, 0.1) is 11.3 Å². The average Bonchev–Trinajstić information content (AvgIpc) is 4.06. The molecule has 2 aliphatic heterocycles. The average molecular weight is 710 g/mol. The lowest BCUT2D eigenvalue weighted by molar-refractivity contribution is -0.132. The highest BCUT2D eigenvalue weighted by Gasteiger charge is 2.23. The number of rotatable bonds is 6. The van der Waals surface area contributed by atoms with E-state index in [1.807, 2.05) is 127 Å². The van der Waals surface area contributed by atoms with Crippen LogP contribution in [0.5, 0.6) is 0 Å². The zero-order chi connectivity index (χ0) is 37.3. The highest BCUT2D eigenvalue weighted by Crippen LogP contribution is 2.40. The van der Waals surface area contributed by atoms with E-state index < -0.39 is 11.5 Å². The normalized spacial score (nSPS) is 12.3. The van der Waals surface area contributed by atoms with Gasteiger partial charge in [0.2, 0.25) is 0 Å². The van der Waals surface area contributed by atoms with Gasteiger partial charge in [0.05, 0.1) is 22.8 Å². The van der Waals surface area contributed by atoms with E-state index in [-0.39, 0.29) is 0 Å². The van der Waals surface area contributed by atoms with Crippen molar-refractivity contribution in [2.45, 2.75) is 0 Å². The third kappa shape index (κ3) is 6.14. The molecule has 0 radical (unpaired) electrons. The smallest absolute Gasteiger partial charge is 0.346 e. The number of nitriles is 1. The van der Waals surface area contributed by atoms with Gasteiger partial charge in [-0.3, -0.25) is 0 Å². The third-order valence-corrected chi connectivity index (χ3v) is 9.79. The number of benzene rings is 4. The van der Waals surface area contributed by atoms with Crippen LogP contribution < -0.4 is 0 Å². The number of aromatic amines is 2. The lowest BCUT2D eigenvalue weighted by Crippen LogP contribution is -1.98. The van der Waals surface area contributed by atoms with Crippen molar-refractivity contribution in [1.29, 1.82) is 5.26 Å². The van der Waals surface area contributed by atoms with Crippen LogP contribution in [0.4, 0.5) is 0 Å². The molecule has 8 bridgehead atoms. The first-order chi connectivity index (χ1) is 27.1. The largest absolute Gasteiger partial charge is 0.477 e. The van der Waals surface area contributed by atoms with Gasteiger partial charge in [-0.15, -0.1) is 0 Å². The summed E-state index contributed by atoms with van der Waals surface area (Å²) in [5, 5.41) is 20.0. The molecular formula is C48H31N5O2. The fourth-order valence-corrected chi connectivity index (χ4v) is 7.35. The van der Waals surface area contributed by atoms with Crippen LogP contribution in [0.2, 0.25) is 0 Å². The predicted octanol–water partition coefficient (Wildman–Crippen LogP) is 11.2. The molecule has 0 fully saturated rings. The van der Waals surface area contributed by atoms with Gasteiger partial charge in [0.25, 0.3) is 0 Å². The van der Waals surface area contributed by atoms with Crippen LogP contribution in [0.15, 0.2) is 157 Å². The van der Waals surface area contributed by atoms with E-state index in [1.165, 1.54) is 6.08 Å². The SMILES string of the molecule is N#C/C(=C/C1=Cc2nc1c(-c1ccccc1)c1ccc([nH]1)c(-c1ccccc1)c1nc(c(-c3ccccc3)c3ccc([nH]3)c2-c2ccccc2)C=C1)C(=O)O. The van der Waals surface area contributed by atoms with Crippen molar-refractivity contribution in [1.82, 2.24) is 19.9 Å². The Hall–Kier alpha value is -7.82. The summed E-state index contributed by atoms with van der Waals surface area (Å²) in [6, 6.07) is 50.3. The Morgan fingerprint density at radius 1 is 0.527 bits per heavy atom. The summed E-state index contributed by atoms with van der Waals surface area (Å²) in [6.45, 7) is 0. The van der Waals surface area contributed by atoms with Gasteiger partial charge < -0.3 is 15.1 Å². The minimum absolute atomic E-state index is 0.395. The van der Waals surface area contributed by atoms with Gasteiger partial charge in [-0.2, -0.15) is 5.26 Å². The fourth-order valence-electron chi connectivity index (χ4n) is 7.35. The van der Waals surface area contributed by atoms with Crippen molar-refractivity contribution in [2.75, 3.05) is 0 Å². The van der Waals surface area contributed by atoms with Crippen LogP contribution in [0.25, 0.3) is 90.4 Å². The Balaban J connectivity index is 1.52. The Morgan fingerprint density at radius 2 is 0.909 bits per heavy atom. The van der Waals surface area contributed by atoms with E-state index in [1.54, 1.807) is 0 Å².